The van der Waals surface area contributed by atoms with Gasteiger partial charge in [0.1, 0.15) is 5.82 Å². The van der Waals surface area contributed by atoms with Gasteiger partial charge in [0.05, 0.1) is 0 Å². The Morgan fingerprint density at radius 2 is 2.07 bits per heavy atom. The molecule has 1 aliphatic rings. The van der Waals surface area contributed by atoms with Crippen LogP contribution in [0.25, 0.3) is 0 Å². The number of aryl methyl sites for hydroxylation is 1. The minimum atomic E-state index is 0.886. The lowest BCUT2D eigenvalue weighted by Gasteiger charge is -2.22. The van der Waals surface area contributed by atoms with Gasteiger partial charge in [-0.15, -0.1) is 0 Å². The molecule has 2 nitrogen and oxygen atoms in total. The third-order valence-corrected chi connectivity index (χ3v) is 3.27. The summed E-state index contributed by atoms with van der Waals surface area (Å²) < 4.78 is 0. The zero-order chi connectivity index (χ0) is 10.7. The van der Waals surface area contributed by atoms with Gasteiger partial charge >= 0.3 is 0 Å². The van der Waals surface area contributed by atoms with Gasteiger partial charge in [0.15, 0.2) is 0 Å². The molecule has 0 N–H and O–H groups in total. The van der Waals surface area contributed by atoms with E-state index in [4.69, 9.17) is 0 Å². The summed E-state index contributed by atoms with van der Waals surface area (Å²) in [5.74, 6) is 2.00. The summed E-state index contributed by atoms with van der Waals surface area (Å²) in [5.41, 5.74) is 1.10. The van der Waals surface area contributed by atoms with Crippen LogP contribution in [-0.4, -0.2) is 18.6 Å². The van der Waals surface area contributed by atoms with Crippen LogP contribution in [0.15, 0.2) is 18.2 Å². The van der Waals surface area contributed by atoms with E-state index in [1.165, 1.54) is 25.7 Å². The number of aromatic nitrogens is 1. The number of anilines is 1. The summed E-state index contributed by atoms with van der Waals surface area (Å²) >= 11 is 0. The van der Waals surface area contributed by atoms with Crippen LogP contribution >= 0.6 is 0 Å². The Kier molecular flexibility index (Phi) is 3.24. The van der Waals surface area contributed by atoms with E-state index < -0.39 is 0 Å². The van der Waals surface area contributed by atoms with Crippen LogP contribution in [0.3, 0.4) is 0 Å². The second-order valence-corrected chi connectivity index (χ2v) is 4.67. The highest BCUT2D eigenvalue weighted by molar-refractivity contribution is 5.38. The first-order valence-corrected chi connectivity index (χ1v) is 5.90. The Morgan fingerprint density at radius 1 is 1.33 bits per heavy atom. The maximum atomic E-state index is 4.54. The van der Waals surface area contributed by atoms with Crippen molar-refractivity contribution in [2.24, 2.45) is 5.92 Å². The number of hydrogen-bond acceptors (Lipinski definition) is 2. The molecule has 82 valence electrons. The van der Waals surface area contributed by atoms with Crippen molar-refractivity contribution in [1.82, 2.24) is 4.98 Å². The molecule has 0 aliphatic heterocycles. The number of nitrogens with zero attached hydrogens (tertiary/aromatic N) is 2. The van der Waals surface area contributed by atoms with E-state index in [0.29, 0.717) is 0 Å². The minimum absolute atomic E-state index is 0.886. The lowest BCUT2D eigenvalue weighted by atomic mass is 10.1. The quantitative estimate of drug-likeness (QED) is 0.752. The Bertz CT molecular complexity index is 316. The fourth-order valence-electron chi connectivity index (χ4n) is 2.42. The van der Waals surface area contributed by atoms with Crippen LogP contribution in [0.2, 0.25) is 0 Å². The summed E-state index contributed by atoms with van der Waals surface area (Å²) in [6.45, 7) is 3.21. The summed E-state index contributed by atoms with van der Waals surface area (Å²) in [4.78, 5) is 6.84. The first kappa shape index (κ1) is 10.5. The summed E-state index contributed by atoms with van der Waals surface area (Å²) in [6.07, 6.45) is 5.63. The minimum Gasteiger partial charge on any atom is -0.359 e. The van der Waals surface area contributed by atoms with Gasteiger partial charge in [0.25, 0.3) is 0 Å². The molecule has 0 saturated heterocycles. The SMILES string of the molecule is Cc1cccc(N(C)CC2CCCC2)n1. The molecule has 1 saturated carbocycles. The van der Waals surface area contributed by atoms with Crippen molar-refractivity contribution in [1.29, 1.82) is 0 Å². The summed E-state index contributed by atoms with van der Waals surface area (Å²) in [7, 11) is 2.15. The molecule has 0 bridgehead atoms. The Morgan fingerprint density at radius 3 is 2.73 bits per heavy atom. The van der Waals surface area contributed by atoms with Gasteiger partial charge in [0, 0.05) is 19.3 Å². The van der Waals surface area contributed by atoms with Crippen molar-refractivity contribution in [2.45, 2.75) is 32.6 Å². The van der Waals surface area contributed by atoms with E-state index in [1.807, 2.05) is 13.0 Å². The molecule has 0 spiro atoms. The van der Waals surface area contributed by atoms with E-state index in [-0.39, 0.29) is 0 Å². The van der Waals surface area contributed by atoms with Crippen LogP contribution in [0, 0.1) is 12.8 Å². The van der Waals surface area contributed by atoms with Crippen molar-refractivity contribution in [2.75, 3.05) is 18.5 Å². The number of rotatable bonds is 3. The zero-order valence-electron chi connectivity index (χ0n) is 9.74. The monoisotopic (exact) mass is 204 g/mol. The van der Waals surface area contributed by atoms with Gasteiger partial charge < -0.3 is 4.90 Å². The second-order valence-electron chi connectivity index (χ2n) is 4.67. The van der Waals surface area contributed by atoms with E-state index in [0.717, 1.165) is 24.0 Å². The third kappa shape index (κ3) is 2.71. The molecule has 0 unspecified atom stereocenters. The van der Waals surface area contributed by atoms with E-state index >= 15 is 0 Å². The number of hydrogen-bond donors (Lipinski definition) is 0. The average molecular weight is 204 g/mol. The van der Waals surface area contributed by atoms with Crippen LogP contribution in [-0.2, 0) is 0 Å². The van der Waals surface area contributed by atoms with E-state index in [1.54, 1.807) is 0 Å². The van der Waals surface area contributed by atoms with E-state index in [2.05, 4.69) is 29.1 Å². The first-order chi connectivity index (χ1) is 7.25. The van der Waals surface area contributed by atoms with Crippen molar-refractivity contribution >= 4 is 5.82 Å². The highest BCUT2D eigenvalue weighted by Gasteiger charge is 2.17. The third-order valence-electron chi connectivity index (χ3n) is 3.27. The van der Waals surface area contributed by atoms with Gasteiger partial charge in [-0.3, -0.25) is 0 Å². The standard InChI is InChI=1S/C13H20N2/c1-11-6-5-9-13(14-11)15(2)10-12-7-3-4-8-12/h5-6,9,12H,3-4,7-8,10H2,1-2H3. The Labute approximate surface area is 92.3 Å². The van der Waals surface area contributed by atoms with Crippen LogP contribution in [0.4, 0.5) is 5.82 Å². The van der Waals surface area contributed by atoms with Crippen molar-refractivity contribution in [3.8, 4) is 0 Å². The van der Waals surface area contributed by atoms with Crippen molar-refractivity contribution in [3.05, 3.63) is 23.9 Å². The van der Waals surface area contributed by atoms with Crippen LogP contribution in [0.1, 0.15) is 31.4 Å². The maximum Gasteiger partial charge on any atom is 0.128 e. The molecule has 2 rings (SSSR count). The van der Waals surface area contributed by atoms with E-state index in [9.17, 15) is 0 Å². The Balaban J connectivity index is 1.97. The second kappa shape index (κ2) is 4.65. The molecule has 0 amide bonds. The van der Waals surface area contributed by atoms with Gasteiger partial charge in [-0.2, -0.15) is 0 Å². The van der Waals surface area contributed by atoms with Crippen LogP contribution < -0.4 is 4.90 Å². The molecule has 1 aromatic heterocycles. The molecule has 0 atom stereocenters. The molecule has 1 aromatic rings. The normalized spacial score (nSPS) is 16.9. The van der Waals surface area contributed by atoms with Gasteiger partial charge in [0.2, 0.25) is 0 Å². The number of pyridine rings is 1. The fourth-order valence-corrected chi connectivity index (χ4v) is 2.42. The molecule has 1 fully saturated rings. The maximum absolute atomic E-state index is 4.54. The molecule has 15 heavy (non-hydrogen) atoms. The zero-order valence-corrected chi connectivity index (χ0v) is 9.74. The first-order valence-electron chi connectivity index (χ1n) is 5.90. The predicted molar refractivity (Wildman–Crippen MR) is 64.2 cm³/mol. The lowest BCUT2D eigenvalue weighted by molar-refractivity contribution is 0.545. The van der Waals surface area contributed by atoms with Gasteiger partial charge in [-0.25, -0.2) is 4.98 Å². The van der Waals surface area contributed by atoms with Crippen molar-refractivity contribution in [3.63, 3.8) is 0 Å². The fraction of sp³-hybridized carbons (Fsp3) is 0.615. The molecule has 2 heteroatoms. The predicted octanol–water partition coefficient (Wildman–Crippen LogP) is 3.02. The molecule has 0 radical (unpaired) electrons. The molecule has 1 heterocycles. The van der Waals surface area contributed by atoms with Crippen LogP contribution in [0.5, 0.6) is 0 Å². The molecule has 1 aliphatic carbocycles. The largest absolute Gasteiger partial charge is 0.359 e. The van der Waals surface area contributed by atoms with Gasteiger partial charge in [-0.05, 0) is 37.8 Å². The highest BCUT2D eigenvalue weighted by atomic mass is 15.2. The smallest absolute Gasteiger partial charge is 0.128 e. The highest BCUT2D eigenvalue weighted by Crippen LogP contribution is 2.26. The molecule has 0 aromatic carbocycles. The summed E-state index contributed by atoms with van der Waals surface area (Å²) in [5, 5.41) is 0. The molecular weight excluding hydrogens is 184 g/mol. The topological polar surface area (TPSA) is 16.1 Å². The van der Waals surface area contributed by atoms with Crippen molar-refractivity contribution < 1.29 is 0 Å². The van der Waals surface area contributed by atoms with Gasteiger partial charge in [-0.1, -0.05) is 18.9 Å². The Hall–Kier alpha value is -1.05. The summed E-state index contributed by atoms with van der Waals surface area (Å²) in [6, 6.07) is 6.23. The average Bonchev–Trinajstić information content (AvgIpc) is 2.70. The molecular formula is C13H20N2. The lowest BCUT2D eigenvalue weighted by Crippen LogP contribution is -2.24.